The minimum Gasteiger partial charge on any atom is -0.379 e. The zero-order valence-corrected chi connectivity index (χ0v) is 15.8. The second-order valence-electron chi connectivity index (χ2n) is 6.41. The molecule has 0 N–H and O–H groups in total. The largest absolute Gasteiger partial charge is 0.379 e. The summed E-state index contributed by atoms with van der Waals surface area (Å²) in [4.78, 5) is 15.9. The first kappa shape index (κ1) is 19.5. The van der Waals surface area contributed by atoms with Crippen LogP contribution in [0.3, 0.4) is 0 Å². The molecule has 1 saturated heterocycles. The maximum absolute atomic E-state index is 12.3. The number of carbonyl (C=O) groups excluding carboxylic acids is 1. The molecule has 0 aromatic heterocycles. The lowest BCUT2D eigenvalue weighted by molar-refractivity contribution is 0.0370. The van der Waals surface area contributed by atoms with Crippen LogP contribution < -0.4 is 0 Å². The van der Waals surface area contributed by atoms with E-state index in [-0.39, 0.29) is 5.78 Å². The fraction of sp³-hybridized carbons (Fsp3) is 0.650. The standard InChI is InChI=1S/C20H31NO2S/c1-2-3-4-5-6-17-24-19-9-7-18(8-10-19)20(22)11-12-21-13-15-23-16-14-21/h7-10H,2-6,11-17H2,1H3. The molecule has 2 rings (SSSR count). The van der Waals surface area contributed by atoms with Crippen molar-refractivity contribution < 1.29 is 9.53 Å². The summed E-state index contributed by atoms with van der Waals surface area (Å²) < 4.78 is 5.33. The van der Waals surface area contributed by atoms with E-state index in [1.807, 2.05) is 23.9 Å². The molecular formula is C20H31NO2S. The number of ether oxygens (including phenoxy) is 1. The van der Waals surface area contributed by atoms with Crippen LogP contribution in [0.5, 0.6) is 0 Å². The second-order valence-corrected chi connectivity index (χ2v) is 7.58. The summed E-state index contributed by atoms with van der Waals surface area (Å²) in [6.45, 7) is 6.56. The van der Waals surface area contributed by atoms with Gasteiger partial charge in [-0.3, -0.25) is 9.69 Å². The van der Waals surface area contributed by atoms with E-state index in [1.54, 1.807) is 0 Å². The highest BCUT2D eigenvalue weighted by Gasteiger charge is 2.13. The Bertz CT molecular complexity index is 469. The molecule has 0 unspecified atom stereocenters. The Morgan fingerprint density at radius 1 is 1.08 bits per heavy atom. The Morgan fingerprint density at radius 2 is 1.79 bits per heavy atom. The summed E-state index contributed by atoms with van der Waals surface area (Å²) in [6, 6.07) is 8.17. The van der Waals surface area contributed by atoms with Crippen molar-refractivity contribution in [3.63, 3.8) is 0 Å². The van der Waals surface area contributed by atoms with Crippen LogP contribution in [0.15, 0.2) is 29.2 Å². The van der Waals surface area contributed by atoms with Crippen LogP contribution in [0.25, 0.3) is 0 Å². The van der Waals surface area contributed by atoms with Gasteiger partial charge in [0.15, 0.2) is 5.78 Å². The number of rotatable bonds is 11. The van der Waals surface area contributed by atoms with E-state index in [1.165, 1.54) is 42.8 Å². The van der Waals surface area contributed by atoms with Gasteiger partial charge < -0.3 is 4.74 Å². The van der Waals surface area contributed by atoms with Crippen molar-refractivity contribution in [1.29, 1.82) is 0 Å². The van der Waals surface area contributed by atoms with Gasteiger partial charge in [-0.25, -0.2) is 0 Å². The lowest BCUT2D eigenvalue weighted by Crippen LogP contribution is -2.37. The van der Waals surface area contributed by atoms with Crippen LogP contribution in [0.2, 0.25) is 0 Å². The van der Waals surface area contributed by atoms with Gasteiger partial charge in [0.05, 0.1) is 13.2 Å². The first-order chi connectivity index (χ1) is 11.8. The van der Waals surface area contributed by atoms with Gasteiger partial charge in [-0.2, -0.15) is 0 Å². The number of unbranched alkanes of at least 4 members (excludes halogenated alkanes) is 4. The van der Waals surface area contributed by atoms with Crippen LogP contribution >= 0.6 is 11.8 Å². The molecule has 0 radical (unpaired) electrons. The van der Waals surface area contributed by atoms with Gasteiger partial charge in [0.2, 0.25) is 0 Å². The van der Waals surface area contributed by atoms with Crippen molar-refractivity contribution in [2.75, 3.05) is 38.6 Å². The molecule has 4 heteroatoms. The monoisotopic (exact) mass is 349 g/mol. The predicted octanol–water partition coefficient (Wildman–Crippen LogP) is 4.65. The quantitative estimate of drug-likeness (QED) is 0.330. The molecule has 3 nitrogen and oxygen atoms in total. The van der Waals surface area contributed by atoms with Crippen molar-refractivity contribution in [2.24, 2.45) is 0 Å². The maximum atomic E-state index is 12.3. The zero-order chi connectivity index (χ0) is 17.0. The smallest absolute Gasteiger partial charge is 0.164 e. The third-order valence-electron chi connectivity index (χ3n) is 4.45. The lowest BCUT2D eigenvalue weighted by Gasteiger charge is -2.26. The normalized spacial score (nSPS) is 15.5. The molecular weight excluding hydrogens is 318 g/mol. The van der Waals surface area contributed by atoms with Gasteiger partial charge in [0, 0.05) is 36.5 Å². The Labute approximate surface area is 151 Å². The Hall–Kier alpha value is -0.840. The third kappa shape index (κ3) is 7.37. The summed E-state index contributed by atoms with van der Waals surface area (Å²) >= 11 is 1.90. The number of thioether (sulfide) groups is 1. The molecule has 0 aliphatic carbocycles. The van der Waals surface area contributed by atoms with Crippen LogP contribution in [-0.4, -0.2) is 49.3 Å². The summed E-state index contributed by atoms with van der Waals surface area (Å²) in [5, 5.41) is 0. The maximum Gasteiger partial charge on any atom is 0.164 e. The number of hydrogen-bond acceptors (Lipinski definition) is 4. The number of hydrogen-bond donors (Lipinski definition) is 0. The van der Waals surface area contributed by atoms with E-state index < -0.39 is 0 Å². The fourth-order valence-electron chi connectivity index (χ4n) is 2.86. The third-order valence-corrected chi connectivity index (χ3v) is 5.55. The second kappa shape index (κ2) is 11.7. The Morgan fingerprint density at radius 3 is 2.50 bits per heavy atom. The molecule has 1 heterocycles. The van der Waals surface area contributed by atoms with Crippen LogP contribution in [0, 0.1) is 0 Å². The topological polar surface area (TPSA) is 29.5 Å². The van der Waals surface area contributed by atoms with Crippen molar-refractivity contribution in [3.05, 3.63) is 29.8 Å². The highest BCUT2D eigenvalue weighted by atomic mass is 32.2. The van der Waals surface area contributed by atoms with Crippen LogP contribution in [-0.2, 0) is 4.74 Å². The number of Topliss-reactive ketones (excluding diaryl/α,β-unsaturated/α-hetero) is 1. The van der Waals surface area contributed by atoms with E-state index in [4.69, 9.17) is 4.74 Å². The molecule has 1 aromatic rings. The fourth-order valence-corrected chi connectivity index (χ4v) is 3.77. The number of nitrogens with zero attached hydrogens (tertiary/aromatic N) is 1. The Balaban J connectivity index is 1.65. The number of ketones is 1. The average molecular weight is 350 g/mol. The minimum absolute atomic E-state index is 0.248. The predicted molar refractivity (Wildman–Crippen MR) is 102 cm³/mol. The molecule has 1 aromatic carbocycles. The van der Waals surface area contributed by atoms with E-state index in [0.29, 0.717) is 6.42 Å². The molecule has 0 amide bonds. The van der Waals surface area contributed by atoms with Crippen molar-refractivity contribution in [2.45, 2.75) is 50.3 Å². The van der Waals surface area contributed by atoms with Gasteiger partial charge >= 0.3 is 0 Å². The summed E-state index contributed by atoms with van der Waals surface area (Å²) in [6.07, 6.45) is 7.22. The van der Waals surface area contributed by atoms with E-state index in [2.05, 4.69) is 24.0 Å². The number of morpholine rings is 1. The van der Waals surface area contributed by atoms with Gasteiger partial charge in [0.25, 0.3) is 0 Å². The first-order valence-corrected chi connectivity index (χ1v) is 10.3. The lowest BCUT2D eigenvalue weighted by atomic mass is 10.1. The Kier molecular flexibility index (Phi) is 9.47. The first-order valence-electron chi connectivity index (χ1n) is 9.35. The SMILES string of the molecule is CCCCCCCSc1ccc(C(=O)CCN2CCOCC2)cc1. The highest BCUT2D eigenvalue weighted by Crippen LogP contribution is 2.21. The average Bonchev–Trinajstić information content (AvgIpc) is 2.64. The van der Waals surface area contributed by atoms with Gasteiger partial charge in [0.1, 0.15) is 0 Å². The molecule has 0 spiro atoms. The molecule has 1 fully saturated rings. The molecule has 24 heavy (non-hydrogen) atoms. The van der Waals surface area contributed by atoms with E-state index in [0.717, 1.165) is 38.4 Å². The number of benzene rings is 1. The zero-order valence-electron chi connectivity index (χ0n) is 15.0. The van der Waals surface area contributed by atoms with Crippen LogP contribution in [0.4, 0.5) is 0 Å². The summed E-state index contributed by atoms with van der Waals surface area (Å²) in [7, 11) is 0. The van der Waals surface area contributed by atoms with Crippen molar-refractivity contribution in [3.8, 4) is 0 Å². The highest BCUT2D eigenvalue weighted by molar-refractivity contribution is 7.99. The van der Waals surface area contributed by atoms with Crippen molar-refractivity contribution >= 4 is 17.5 Å². The molecule has 0 saturated carbocycles. The minimum atomic E-state index is 0.248. The summed E-state index contributed by atoms with van der Waals surface area (Å²) in [5.74, 6) is 1.42. The van der Waals surface area contributed by atoms with Crippen molar-refractivity contribution in [1.82, 2.24) is 4.90 Å². The van der Waals surface area contributed by atoms with Gasteiger partial charge in [-0.1, -0.05) is 44.7 Å². The van der Waals surface area contributed by atoms with E-state index in [9.17, 15) is 4.79 Å². The van der Waals surface area contributed by atoms with Gasteiger partial charge in [-0.05, 0) is 24.3 Å². The molecule has 1 aliphatic rings. The number of carbonyl (C=O) groups is 1. The molecule has 134 valence electrons. The van der Waals surface area contributed by atoms with Gasteiger partial charge in [-0.15, -0.1) is 11.8 Å². The van der Waals surface area contributed by atoms with Crippen LogP contribution in [0.1, 0.15) is 55.8 Å². The summed E-state index contributed by atoms with van der Waals surface area (Å²) in [5.41, 5.74) is 0.843. The van der Waals surface area contributed by atoms with E-state index >= 15 is 0 Å². The molecule has 0 bridgehead atoms. The molecule has 1 aliphatic heterocycles. The molecule has 0 atom stereocenters.